The fourth-order valence-electron chi connectivity index (χ4n) is 3.70. The quantitative estimate of drug-likeness (QED) is 0.351. The van der Waals surface area contributed by atoms with Crippen molar-refractivity contribution in [2.75, 3.05) is 11.5 Å². The molecule has 0 aliphatic carbocycles. The van der Waals surface area contributed by atoms with E-state index >= 15 is 0 Å². The van der Waals surface area contributed by atoms with Gasteiger partial charge in [-0.15, -0.1) is 0 Å². The first kappa shape index (κ1) is 24.5. The monoisotopic (exact) mass is 425 g/mol. The number of hydrogen-bond donors (Lipinski definition) is 4. The van der Waals surface area contributed by atoms with E-state index in [1.165, 1.54) is 44.4 Å². The first-order valence-electron chi connectivity index (χ1n) is 11.0. The number of ether oxygens (including phenoxy) is 1. The maximum atomic E-state index is 12.9. The molecular weight excluding hydrogens is 390 g/mol. The predicted octanol–water partition coefficient (Wildman–Crippen LogP) is 1.46. The summed E-state index contributed by atoms with van der Waals surface area (Å²) in [5.41, 5.74) is -0.639. The average Bonchev–Trinajstić information content (AvgIpc) is 3.01. The average molecular weight is 426 g/mol. The number of rotatable bonds is 13. The van der Waals surface area contributed by atoms with E-state index in [9.17, 15) is 24.9 Å². The van der Waals surface area contributed by atoms with E-state index in [1.54, 1.807) is 0 Å². The van der Waals surface area contributed by atoms with Gasteiger partial charge in [0.1, 0.15) is 24.1 Å². The molecule has 4 N–H and O–H groups in total. The van der Waals surface area contributed by atoms with Crippen LogP contribution >= 0.6 is 0 Å². The molecule has 1 fully saturated rings. The lowest BCUT2D eigenvalue weighted by atomic mass is 10.1. The van der Waals surface area contributed by atoms with Crippen molar-refractivity contribution in [2.45, 2.75) is 95.7 Å². The Balaban J connectivity index is 1.93. The van der Waals surface area contributed by atoms with Crippen molar-refractivity contribution < 1.29 is 24.9 Å². The molecule has 1 saturated heterocycles. The number of amides is 1. The van der Waals surface area contributed by atoms with Crippen molar-refractivity contribution in [3.8, 4) is 0 Å². The third-order valence-corrected chi connectivity index (χ3v) is 5.44. The highest BCUT2D eigenvalue weighted by atomic mass is 16.6. The molecule has 0 saturated carbocycles. The summed E-state index contributed by atoms with van der Waals surface area (Å²) in [5.74, 6) is -0.319. The Labute approximate surface area is 177 Å². The lowest BCUT2D eigenvalue weighted by Crippen LogP contribution is -2.48. The molecule has 1 aliphatic heterocycles. The number of aliphatic hydroxyl groups excluding tert-OH is 3. The van der Waals surface area contributed by atoms with Crippen LogP contribution in [0.3, 0.4) is 0 Å². The minimum absolute atomic E-state index is 0.0366. The Morgan fingerprint density at radius 1 is 1.10 bits per heavy atom. The minimum atomic E-state index is -1.42. The molecule has 0 bridgehead atoms. The molecule has 9 nitrogen and oxygen atoms in total. The second kappa shape index (κ2) is 12.8. The first-order valence-corrected chi connectivity index (χ1v) is 11.0. The summed E-state index contributed by atoms with van der Waals surface area (Å²) in [6.45, 7) is 1.69. The fourth-order valence-corrected chi connectivity index (χ4v) is 3.70. The third kappa shape index (κ3) is 6.87. The molecule has 2 rings (SSSR count). The molecule has 1 aromatic heterocycles. The van der Waals surface area contributed by atoms with Crippen LogP contribution in [0.2, 0.25) is 0 Å². The van der Waals surface area contributed by atoms with E-state index in [4.69, 9.17) is 4.74 Å². The number of carbonyl (C=O) groups excluding carboxylic acids is 1. The molecule has 2 heterocycles. The molecule has 170 valence electrons. The second-order valence-electron chi connectivity index (χ2n) is 7.82. The SMILES string of the molecule is CCCCCCCCCCCC(=O)N(c1cc[nH]c(=O)n1)[C@@H]1O[C@H](CO)[C@@H](O)[C@@H]1O. The Bertz CT molecular complexity index is 697. The Morgan fingerprint density at radius 2 is 1.73 bits per heavy atom. The number of nitrogens with zero attached hydrogens (tertiary/aromatic N) is 2. The Kier molecular flexibility index (Phi) is 10.4. The van der Waals surface area contributed by atoms with Gasteiger partial charge in [0.25, 0.3) is 0 Å². The number of anilines is 1. The van der Waals surface area contributed by atoms with Crippen molar-refractivity contribution in [1.82, 2.24) is 9.97 Å². The van der Waals surface area contributed by atoms with Crippen LogP contribution in [0.4, 0.5) is 5.82 Å². The van der Waals surface area contributed by atoms with Crippen molar-refractivity contribution in [2.24, 2.45) is 0 Å². The van der Waals surface area contributed by atoms with Crippen molar-refractivity contribution >= 4 is 11.7 Å². The van der Waals surface area contributed by atoms with E-state index in [-0.39, 0.29) is 18.1 Å². The van der Waals surface area contributed by atoms with Crippen molar-refractivity contribution in [1.29, 1.82) is 0 Å². The smallest absolute Gasteiger partial charge is 0.346 e. The number of aromatic nitrogens is 2. The zero-order valence-corrected chi connectivity index (χ0v) is 17.7. The zero-order chi connectivity index (χ0) is 21.9. The molecule has 0 unspecified atom stereocenters. The lowest BCUT2D eigenvalue weighted by Gasteiger charge is -2.29. The Morgan fingerprint density at radius 3 is 2.30 bits per heavy atom. The maximum Gasteiger partial charge on any atom is 0.346 e. The summed E-state index contributed by atoms with van der Waals surface area (Å²) in [7, 11) is 0. The number of carbonyl (C=O) groups is 1. The highest BCUT2D eigenvalue weighted by Gasteiger charge is 2.47. The molecule has 0 aromatic carbocycles. The van der Waals surface area contributed by atoms with Gasteiger partial charge >= 0.3 is 5.69 Å². The van der Waals surface area contributed by atoms with E-state index in [0.717, 1.165) is 24.2 Å². The van der Waals surface area contributed by atoms with E-state index in [1.807, 2.05) is 0 Å². The van der Waals surface area contributed by atoms with Crippen LogP contribution in [-0.2, 0) is 9.53 Å². The molecule has 1 amide bonds. The largest absolute Gasteiger partial charge is 0.394 e. The molecule has 30 heavy (non-hydrogen) atoms. The first-order chi connectivity index (χ1) is 14.5. The highest BCUT2D eigenvalue weighted by molar-refractivity contribution is 5.92. The van der Waals surface area contributed by atoms with E-state index in [2.05, 4.69) is 16.9 Å². The van der Waals surface area contributed by atoms with Crippen LogP contribution in [0.15, 0.2) is 17.1 Å². The van der Waals surface area contributed by atoms with Gasteiger partial charge in [-0.1, -0.05) is 58.3 Å². The topological polar surface area (TPSA) is 136 Å². The summed E-state index contributed by atoms with van der Waals surface area (Å²) in [6.07, 6.45) is 6.57. The van der Waals surface area contributed by atoms with Crippen LogP contribution in [-0.4, -0.2) is 62.3 Å². The van der Waals surface area contributed by atoms with Crippen LogP contribution < -0.4 is 10.6 Å². The summed E-state index contributed by atoms with van der Waals surface area (Å²) in [6, 6.07) is 1.43. The number of H-pyrrole nitrogens is 1. The normalized spacial score (nSPS) is 23.6. The van der Waals surface area contributed by atoms with E-state index in [0.29, 0.717) is 6.42 Å². The Hall–Kier alpha value is -1.81. The van der Waals surface area contributed by atoms with Crippen molar-refractivity contribution in [3.05, 3.63) is 22.7 Å². The highest BCUT2D eigenvalue weighted by Crippen LogP contribution is 2.28. The number of unbranched alkanes of at least 4 members (excludes halogenated alkanes) is 8. The van der Waals surface area contributed by atoms with Crippen LogP contribution in [0, 0.1) is 0 Å². The predicted molar refractivity (Wildman–Crippen MR) is 112 cm³/mol. The van der Waals surface area contributed by atoms with Crippen molar-refractivity contribution in [3.63, 3.8) is 0 Å². The van der Waals surface area contributed by atoms with Crippen LogP contribution in [0.1, 0.15) is 71.1 Å². The maximum absolute atomic E-state index is 12.9. The van der Waals surface area contributed by atoms with Gasteiger partial charge < -0.3 is 25.0 Å². The van der Waals surface area contributed by atoms with Crippen LogP contribution in [0.5, 0.6) is 0 Å². The zero-order valence-electron chi connectivity index (χ0n) is 17.7. The third-order valence-electron chi connectivity index (χ3n) is 5.44. The van der Waals surface area contributed by atoms with Crippen LogP contribution in [0.25, 0.3) is 0 Å². The van der Waals surface area contributed by atoms with Gasteiger partial charge in [0.2, 0.25) is 5.91 Å². The lowest BCUT2D eigenvalue weighted by molar-refractivity contribution is -0.123. The number of aromatic amines is 1. The van der Waals surface area contributed by atoms with Gasteiger partial charge in [0, 0.05) is 12.6 Å². The summed E-state index contributed by atoms with van der Waals surface area (Å²) >= 11 is 0. The fraction of sp³-hybridized carbons (Fsp3) is 0.762. The summed E-state index contributed by atoms with van der Waals surface area (Å²) in [5, 5.41) is 29.7. The number of nitrogens with one attached hydrogen (secondary N) is 1. The molecule has 0 spiro atoms. The number of aliphatic hydroxyl groups is 3. The summed E-state index contributed by atoms with van der Waals surface area (Å²) < 4.78 is 5.51. The molecule has 4 atom stereocenters. The van der Waals surface area contributed by atoms with Gasteiger partial charge in [0.15, 0.2) is 6.23 Å². The van der Waals surface area contributed by atoms with Gasteiger partial charge in [0.05, 0.1) is 6.61 Å². The molecule has 0 radical (unpaired) electrons. The molecule has 9 heteroatoms. The van der Waals surface area contributed by atoms with Gasteiger partial charge in [-0.2, -0.15) is 4.98 Å². The van der Waals surface area contributed by atoms with Gasteiger partial charge in [-0.05, 0) is 12.5 Å². The molecular formula is C21H35N3O6. The molecule has 1 aliphatic rings. The summed E-state index contributed by atoms with van der Waals surface area (Å²) in [4.78, 5) is 31.9. The van der Waals surface area contributed by atoms with Gasteiger partial charge in [-0.25, -0.2) is 4.79 Å². The standard InChI is InChI=1S/C21H35N3O6/c1-2-3-4-5-6-7-8-9-10-11-17(26)24(16-12-13-22-21(29)23-16)20-19(28)18(27)15(14-25)30-20/h12-13,15,18-20,25,27-28H,2-11,14H2,1H3,(H,22,23,29)/t15-,18-,19+,20-/m1/s1. The van der Waals surface area contributed by atoms with E-state index < -0.39 is 36.8 Å². The van der Waals surface area contributed by atoms with Gasteiger partial charge in [-0.3, -0.25) is 9.69 Å². The number of hydrogen-bond acceptors (Lipinski definition) is 7. The second-order valence-corrected chi connectivity index (χ2v) is 7.82. The minimum Gasteiger partial charge on any atom is -0.394 e. The molecule has 1 aromatic rings.